The van der Waals surface area contributed by atoms with Crippen molar-refractivity contribution in [2.24, 2.45) is 0 Å². The van der Waals surface area contributed by atoms with Crippen molar-refractivity contribution in [2.45, 2.75) is 58.3 Å². The van der Waals surface area contributed by atoms with Gasteiger partial charge in [0.2, 0.25) is 5.91 Å². The van der Waals surface area contributed by atoms with Crippen LogP contribution in [0.1, 0.15) is 63.9 Å². The summed E-state index contributed by atoms with van der Waals surface area (Å²) in [7, 11) is 0. The molecule has 4 nitrogen and oxygen atoms in total. The van der Waals surface area contributed by atoms with Gasteiger partial charge in [-0.2, -0.15) is 5.26 Å². The van der Waals surface area contributed by atoms with Crippen molar-refractivity contribution in [1.82, 2.24) is 4.90 Å². The minimum atomic E-state index is 0.317. The van der Waals surface area contributed by atoms with E-state index < -0.39 is 0 Å². The van der Waals surface area contributed by atoms with Crippen LogP contribution < -0.4 is 4.90 Å². The molecule has 1 aromatic carbocycles. The standard InChI is InChI=1S/C21H31N3O/c1-2-3-4-5-6-7-9-21(25)24-15-8-14-23(16-17-24)20-12-10-19(18-22)11-13-20/h10-13H,2-9,14-17H2,1H3. The monoisotopic (exact) mass is 341 g/mol. The Kier molecular flexibility index (Phi) is 8.31. The maximum Gasteiger partial charge on any atom is 0.222 e. The van der Waals surface area contributed by atoms with Crippen molar-refractivity contribution >= 4 is 11.6 Å². The number of carbonyl (C=O) groups is 1. The quantitative estimate of drug-likeness (QED) is 0.661. The maximum atomic E-state index is 12.4. The van der Waals surface area contributed by atoms with E-state index in [-0.39, 0.29) is 0 Å². The average Bonchev–Trinajstić information content (AvgIpc) is 2.91. The number of amides is 1. The first kappa shape index (κ1) is 19.3. The molecule has 0 aromatic heterocycles. The molecule has 136 valence electrons. The van der Waals surface area contributed by atoms with Gasteiger partial charge in [0, 0.05) is 38.3 Å². The van der Waals surface area contributed by atoms with Crippen LogP contribution in [0.5, 0.6) is 0 Å². The van der Waals surface area contributed by atoms with Crippen LogP contribution in [0.3, 0.4) is 0 Å². The second kappa shape index (κ2) is 10.8. The highest BCUT2D eigenvalue weighted by molar-refractivity contribution is 5.76. The van der Waals surface area contributed by atoms with Crippen molar-refractivity contribution in [1.29, 1.82) is 5.26 Å². The molecule has 4 heteroatoms. The summed E-state index contributed by atoms with van der Waals surface area (Å²) in [6, 6.07) is 9.89. The zero-order valence-corrected chi connectivity index (χ0v) is 15.5. The van der Waals surface area contributed by atoms with Gasteiger partial charge in [0.15, 0.2) is 0 Å². The Morgan fingerprint density at radius 2 is 1.72 bits per heavy atom. The largest absolute Gasteiger partial charge is 0.370 e. The van der Waals surface area contributed by atoms with E-state index in [9.17, 15) is 4.79 Å². The molecule has 1 heterocycles. The van der Waals surface area contributed by atoms with Crippen LogP contribution in [-0.4, -0.2) is 37.0 Å². The van der Waals surface area contributed by atoms with Gasteiger partial charge in [-0.25, -0.2) is 0 Å². The highest BCUT2D eigenvalue weighted by Gasteiger charge is 2.18. The predicted molar refractivity (Wildman–Crippen MR) is 103 cm³/mol. The van der Waals surface area contributed by atoms with E-state index >= 15 is 0 Å². The lowest BCUT2D eigenvalue weighted by molar-refractivity contribution is -0.131. The third-order valence-corrected chi connectivity index (χ3v) is 4.95. The number of benzene rings is 1. The summed E-state index contributed by atoms with van der Waals surface area (Å²) in [5.74, 6) is 0.317. The third kappa shape index (κ3) is 6.42. The zero-order valence-electron chi connectivity index (χ0n) is 15.5. The van der Waals surface area contributed by atoms with Gasteiger partial charge in [-0.3, -0.25) is 4.79 Å². The lowest BCUT2D eigenvalue weighted by Gasteiger charge is -2.24. The van der Waals surface area contributed by atoms with Crippen molar-refractivity contribution in [3.63, 3.8) is 0 Å². The first-order chi connectivity index (χ1) is 12.2. The number of rotatable bonds is 8. The number of carbonyl (C=O) groups excluding carboxylic acids is 1. The van der Waals surface area contributed by atoms with Crippen LogP contribution in [-0.2, 0) is 4.79 Å². The average molecular weight is 341 g/mol. The van der Waals surface area contributed by atoms with Crippen LogP contribution >= 0.6 is 0 Å². The highest BCUT2D eigenvalue weighted by Crippen LogP contribution is 2.18. The Morgan fingerprint density at radius 3 is 2.44 bits per heavy atom. The van der Waals surface area contributed by atoms with Gasteiger partial charge < -0.3 is 9.80 Å². The summed E-state index contributed by atoms with van der Waals surface area (Å²) in [6.45, 7) is 5.72. The van der Waals surface area contributed by atoms with E-state index in [2.05, 4.69) is 17.9 Å². The van der Waals surface area contributed by atoms with Crippen molar-refractivity contribution in [3.05, 3.63) is 29.8 Å². The number of anilines is 1. The number of hydrogen-bond acceptors (Lipinski definition) is 3. The first-order valence-electron chi connectivity index (χ1n) is 9.77. The van der Waals surface area contributed by atoms with Gasteiger partial charge in [-0.15, -0.1) is 0 Å². The van der Waals surface area contributed by atoms with Gasteiger partial charge in [0.05, 0.1) is 11.6 Å². The van der Waals surface area contributed by atoms with Crippen LogP contribution in [0.15, 0.2) is 24.3 Å². The molecule has 0 aliphatic carbocycles. The van der Waals surface area contributed by atoms with Crippen molar-refractivity contribution in [2.75, 3.05) is 31.1 Å². The molecule has 1 aromatic rings. The topological polar surface area (TPSA) is 47.3 Å². The summed E-state index contributed by atoms with van der Waals surface area (Å²) < 4.78 is 0. The second-order valence-electron chi connectivity index (χ2n) is 6.90. The molecule has 25 heavy (non-hydrogen) atoms. The summed E-state index contributed by atoms with van der Waals surface area (Å²) in [6.07, 6.45) is 9.04. The molecule has 0 radical (unpaired) electrons. The molecule has 0 N–H and O–H groups in total. The molecule has 0 unspecified atom stereocenters. The van der Waals surface area contributed by atoms with Gasteiger partial charge >= 0.3 is 0 Å². The molecule has 1 fully saturated rings. The second-order valence-corrected chi connectivity index (χ2v) is 6.90. The number of unbranched alkanes of at least 4 members (excludes halogenated alkanes) is 5. The molecule has 1 amide bonds. The van der Waals surface area contributed by atoms with Crippen molar-refractivity contribution < 1.29 is 4.79 Å². The molecule has 0 atom stereocenters. The van der Waals surface area contributed by atoms with Crippen molar-refractivity contribution in [3.8, 4) is 6.07 Å². The van der Waals surface area contributed by atoms with E-state index in [4.69, 9.17) is 5.26 Å². The summed E-state index contributed by atoms with van der Waals surface area (Å²) >= 11 is 0. The van der Waals surface area contributed by atoms with Crippen LogP contribution in [0, 0.1) is 11.3 Å². The molecule has 2 rings (SSSR count). The molecule has 1 aliphatic rings. The Labute approximate surface area is 152 Å². The van der Waals surface area contributed by atoms with E-state index in [0.717, 1.165) is 44.7 Å². The fourth-order valence-corrected chi connectivity index (χ4v) is 3.39. The van der Waals surface area contributed by atoms with Crippen LogP contribution in [0.4, 0.5) is 5.69 Å². The number of nitriles is 1. The van der Waals surface area contributed by atoms with E-state index in [1.807, 2.05) is 29.2 Å². The Morgan fingerprint density at radius 1 is 1.00 bits per heavy atom. The predicted octanol–water partition coefficient (Wildman–Crippen LogP) is 4.35. The van der Waals surface area contributed by atoms with Gasteiger partial charge in [-0.05, 0) is 37.1 Å². The first-order valence-corrected chi connectivity index (χ1v) is 9.77. The van der Waals surface area contributed by atoms with E-state index in [1.165, 1.54) is 32.1 Å². The molecule has 0 bridgehead atoms. The molecule has 0 saturated carbocycles. The molecule has 0 spiro atoms. The van der Waals surface area contributed by atoms with Gasteiger partial charge in [-0.1, -0.05) is 39.0 Å². The summed E-state index contributed by atoms with van der Waals surface area (Å²) in [5.41, 5.74) is 1.83. The Bertz CT molecular complexity index is 561. The number of hydrogen-bond donors (Lipinski definition) is 0. The SMILES string of the molecule is CCCCCCCCC(=O)N1CCCN(c2ccc(C#N)cc2)CC1. The van der Waals surface area contributed by atoms with Gasteiger partial charge in [0.1, 0.15) is 0 Å². The summed E-state index contributed by atoms with van der Waals surface area (Å²) in [4.78, 5) is 16.8. The minimum Gasteiger partial charge on any atom is -0.370 e. The van der Waals surface area contributed by atoms with E-state index in [0.29, 0.717) is 17.9 Å². The van der Waals surface area contributed by atoms with Crippen LogP contribution in [0.2, 0.25) is 0 Å². The molecular formula is C21H31N3O. The highest BCUT2D eigenvalue weighted by atomic mass is 16.2. The summed E-state index contributed by atoms with van der Waals surface area (Å²) in [5, 5.41) is 8.90. The minimum absolute atomic E-state index is 0.317. The maximum absolute atomic E-state index is 12.4. The fourth-order valence-electron chi connectivity index (χ4n) is 3.39. The van der Waals surface area contributed by atoms with Crippen LogP contribution in [0.25, 0.3) is 0 Å². The third-order valence-electron chi connectivity index (χ3n) is 4.95. The Balaban J connectivity index is 1.74. The zero-order chi connectivity index (χ0) is 17.9. The molecule has 1 aliphatic heterocycles. The lowest BCUT2D eigenvalue weighted by atomic mass is 10.1. The fraction of sp³-hybridized carbons (Fsp3) is 0.619. The molecule has 1 saturated heterocycles. The smallest absolute Gasteiger partial charge is 0.222 e. The lowest BCUT2D eigenvalue weighted by Crippen LogP contribution is -2.35. The number of nitrogens with zero attached hydrogens (tertiary/aromatic N) is 3. The van der Waals surface area contributed by atoms with E-state index in [1.54, 1.807) is 0 Å². The molecular weight excluding hydrogens is 310 g/mol. The van der Waals surface area contributed by atoms with Gasteiger partial charge in [0.25, 0.3) is 0 Å². The normalized spacial score (nSPS) is 14.9. The Hall–Kier alpha value is -2.02.